The van der Waals surface area contributed by atoms with Gasteiger partial charge >= 0.3 is 0 Å². The Kier molecular flexibility index (Phi) is 3.05. The molecule has 0 saturated carbocycles. The Bertz CT molecular complexity index is 448. The third kappa shape index (κ3) is 1.91. The maximum atomic E-state index is 5.61. The second-order valence-electron chi connectivity index (χ2n) is 4.08. The van der Waals surface area contributed by atoms with Crippen molar-refractivity contribution in [3.05, 3.63) is 35.2 Å². The van der Waals surface area contributed by atoms with Gasteiger partial charge in [-0.05, 0) is 28.3 Å². The lowest BCUT2D eigenvalue weighted by Gasteiger charge is -2.19. The molecule has 2 aromatic rings. The highest BCUT2D eigenvalue weighted by molar-refractivity contribution is 7.17. The van der Waals surface area contributed by atoms with Crippen molar-refractivity contribution in [3.63, 3.8) is 0 Å². The van der Waals surface area contributed by atoms with E-state index in [2.05, 4.69) is 48.9 Å². The molecule has 1 atom stereocenters. The van der Waals surface area contributed by atoms with E-state index in [1.807, 2.05) is 0 Å². The van der Waals surface area contributed by atoms with Crippen LogP contribution in [0, 0.1) is 5.92 Å². The Hall–Kier alpha value is -0.900. The maximum absolute atomic E-state index is 5.61. The van der Waals surface area contributed by atoms with Gasteiger partial charge in [0.1, 0.15) is 0 Å². The number of nitrogens with one attached hydrogen (secondary N) is 1. The van der Waals surface area contributed by atoms with Crippen LogP contribution in [0.4, 0.5) is 0 Å². The monoisotopic (exact) mass is 220 g/mol. The highest BCUT2D eigenvalue weighted by Crippen LogP contribution is 2.32. The summed E-state index contributed by atoms with van der Waals surface area (Å²) in [6, 6.07) is 8.70. The lowest BCUT2D eigenvalue weighted by molar-refractivity contribution is 0.424. The Morgan fingerprint density at radius 2 is 2.00 bits per heavy atom. The van der Waals surface area contributed by atoms with Crippen LogP contribution in [0.25, 0.3) is 10.1 Å². The fourth-order valence-electron chi connectivity index (χ4n) is 1.88. The van der Waals surface area contributed by atoms with Crippen molar-refractivity contribution in [2.45, 2.75) is 19.9 Å². The Morgan fingerprint density at radius 1 is 1.27 bits per heavy atom. The van der Waals surface area contributed by atoms with Gasteiger partial charge in [-0.2, -0.15) is 0 Å². The van der Waals surface area contributed by atoms with Crippen molar-refractivity contribution in [2.24, 2.45) is 11.8 Å². The molecule has 0 fully saturated rings. The largest absolute Gasteiger partial charge is 0.271 e. The van der Waals surface area contributed by atoms with Crippen molar-refractivity contribution >= 4 is 21.4 Å². The van der Waals surface area contributed by atoms with Crippen LogP contribution in [-0.2, 0) is 0 Å². The smallest absolute Gasteiger partial charge is 0.0497 e. The van der Waals surface area contributed by atoms with Gasteiger partial charge in [-0.1, -0.05) is 32.0 Å². The van der Waals surface area contributed by atoms with Gasteiger partial charge in [-0.25, -0.2) is 0 Å². The molecule has 0 aliphatic rings. The van der Waals surface area contributed by atoms with E-state index in [1.165, 1.54) is 15.6 Å². The number of thiophene rings is 1. The van der Waals surface area contributed by atoms with Crippen LogP contribution >= 0.6 is 11.3 Å². The van der Waals surface area contributed by atoms with Crippen molar-refractivity contribution < 1.29 is 0 Å². The second-order valence-corrected chi connectivity index (χ2v) is 4.99. The zero-order chi connectivity index (χ0) is 10.8. The summed E-state index contributed by atoms with van der Waals surface area (Å²) in [7, 11) is 0. The van der Waals surface area contributed by atoms with E-state index in [0.29, 0.717) is 5.92 Å². The molecule has 3 heteroatoms. The first-order chi connectivity index (χ1) is 7.24. The van der Waals surface area contributed by atoms with Crippen LogP contribution in [0.15, 0.2) is 29.6 Å². The van der Waals surface area contributed by atoms with Crippen LogP contribution in [0.5, 0.6) is 0 Å². The standard InChI is InChI=1S/C12H16N2S/c1-8(2)12(14-13)10-7-15-11-6-4-3-5-9(10)11/h3-8,12,14H,13H2,1-2H3. The molecular formula is C12H16N2S. The van der Waals surface area contributed by atoms with Crippen LogP contribution < -0.4 is 11.3 Å². The van der Waals surface area contributed by atoms with E-state index in [0.717, 1.165) is 0 Å². The SMILES string of the molecule is CC(C)C(NN)c1csc2ccccc12. The molecule has 0 radical (unpaired) electrons. The molecular weight excluding hydrogens is 204 g/mol. The van der Waals surface area contributed by atoms with E-state index in [1.54, 1.807) is 11.3 Å². The number of benzene rings is 1. The van der Waals surface area contributed by atoms with Crippen molar-refractivity contribution in [2.75, 3.05) is 0 Å². The second kappa shape index (κ2) is 4.31. The van der Waals surface area contributed by atoms with E-state index in [-0.39, 0.29) is 6.04 Å². The first kappa shape index (κ1) is 10.6. The predicted molar refractivity (Wildman–Crippen MR) is 66.7 cm³/mol. The number of hydrazine groups is 1. The lowest BCUT2D eigenvalue weighted by Crippen LogP contribution is -2.31. The molecule has 1 aromatic heterocycles. The van der Waals surface area contributed by atoms with Gasteiger partial charge in [-0.3, -0.25) is 11.3 Å². The fourth-order valence-corrected chi connectivity index (χ4v) is 2.88. The minimum atomic E-state index is 0.237. The van der Waals surface area contributed by atoms with Crippen LogP contribution in [-0.4, -0.2) is 0 Å². The minimum Gasteiger partial charge on any atom is -0.271 e. The average molecular weight is 220 g/mol. The number of hydrogen-bond donors (Lipinski definition) is 2. The third-order valence-electron chi connectivity index (χ3n) is 2.69. The molecule has 80 valence electrons. The molecule has 0 aliphatic heterocycles. The molecule has 0 spiro atoms. The summed E-state index contributed by atoms with van der Waals surface area (Å²) in [4.78, 5) is 0. The van der Waals surface area contributed by atoms with Crippen molar-refractivity contribution in [1.29, 1.82) is 0 Å². The van der Waals surface area contributed by atoms with Gasteiger partial charge in [0.15, 0.2) is 0 Å². The van der Waals surface area contributed by atoms with Gasteiger partial charge in [0.2, 0.25) is 0 Å². The highest BCUT2D eigenvalue weighted by Gasteiger charge is 2.17. The molecule has 0 bridgehead atoms. The molecule has 0 aliphatic carbocycles. The maximum Gasteiger partial charge on any atom is 0.0497 e. The van der Waals surface area contributed by atoms with Crippen molar-refractivity contribution in [1.82, 2.24) is 5.43 Å². The Labute approximate surface area is 94.1 Å². The Morgan fingerprint density at radius 3 is 2.67 bits per heavy atom. The molecule has 15 heavy (non-hydrogen) atoms. The van der Waals surface area contributed by atoms with Crippen LogP contribution in [0.1, 0.15) is 25.5 Å². The van der Waals surface area contributed by atoms with E-state index >= 15 is 0 Å². The van der Waals surface area contributed by atoms with Gasteiger partial charge in [0.25, 0.3) is 0 Å². The van der Waals surface area contributed by atoms with E-state index < -0.39 is 0 Å². The van der Waals surface area contributed by atoms with E-state index in [9.17, 15) is 0 Å². The van der Waals surface area contributed by atoms with Gasteiger partial charge in [0.05, 0.1) is 0 Å². The van der Waals surface area contributed by atoms with E-state index in [4.69, 9.17) is 5.84 Å². The average Bonchev–Trinajstić information content (AvgIpc) is 2.63. The molecule has 2 nitrogen and oxygen atoms in total. The molecule has 0 saturated heterocycles. The Balaban J connectivity index is 2.51. The summed E-state index contributed by atoms with van der Waals surface area (Å²) >= 11 is 1.78. The zero-order valence-corrected chi connectivity index (χ0v) is 9.84. The summed E-state index contributed by atoms with van der Waals surface area (Å²) in [5, 5.41) is 3.52. The third-order valence-corrected chi connectivity index (χ3v) is 3.67. The van der Waals surface area contributed by atoms with Crippen LogP contribution in [0.2, 0.25) is 0 Å². The molecule has 3 N–H and O–H groups in total. The molecule has 0 amide bonds. The summed E-state index contributed by atoms with van der Waals surface area (Å²) in [5.41, 5.74) is 4.22. The number of rotatable bonds is 3. The van der Waals surface area contributed by atoms with Gasteiger partial charge in [0, 0.05) is 10.7 Å². The number of fused-ring (bicyclic) bond motifs is 1. The summed E-state index contributed by atoms with van der Waals surface area (Å²) in [6.07, 6.45) is 0. The number of hydrogen-bond acceptors (Lipinski definition) is 3. The molecule has 1 heterocycles. The summed E-state index contributed by atoms with van der Waals surface area (Å²) in [6.45, 7) is 4.36. The van der Waals surface area contributed by atoms with Crippen LogP contribution in [0.3, 0.4) is 0 Å². The van der Waals surface area contributed by atoms with Crippen molar-refractivity contribution in [3.8, 4) is 0 Å². The zero-order valence-electron chi connectivity index (χ0n) is 9.03. The molecule has 1 aromatic carbocycles. The van der Waals surface area contributed by atoms with Gasteiger partial charge < -0.3 is 0 Å². The number of nitrogens with two attached hydrogens (primary N) is 1. The topological polar surface area (TPSA) is 38.0 Å². The molecule has 1 unspecified atom stereocenters. The quantitative estimate of drug-likeness (QED) is 0.616. The minimum absolute atomic E-state index is 0.237. The fraction of sp³-hybridized carbons (Fsp3) is 0.333. The lowest BCUT2D eigenvalue weighted by atomic mass is 9.96. The summed E-state index contributed by atoms with van der Waals surface area (Å²) < 4.78 is 1.33. The predicted octanol–water partition coefficient (Wildman–Crippen LogP) is 3.06. The summed E-state index contributed by atoms with van der Waals surface area (Å²) in [5.74, 6) is 6.10. The first-order valence-electron chi connectivity index (χ1n) is 5.16. The molecule has 2 rings (SSSR count). The highest BCUT2D eigenvalue weighted by atomic mass is 32.1. The first-order valence-corrected chi connectivity index (χ1v) is 6.04. The normalized spacial score (nSPS) is 13.6. The van der Waals surface area contributed by atoms with Gasteiger partial charge in [-0.15, -0.1) is 11.3 Å².